The van der Waals surface area contributed by atoms with E-state index < -0.39 is 23.2 Å². The number of carbonyl (C=O) groups excluding carboxylic acids is 1. The van der Waals surface area contributed by atoms with Crippen LogP contribution in [0.15, 0.2) is 0 Å². The Morgan fingerprint density at radius 1 is 1.39 bits per heavy atom. The first-order chi connectivity index (χ1) is 8.08. The van der Waals surface area contributed by atoms with Gasteiger partial charge in [0.1, 0.15) is 11.1 Å². The number of carboxylic acid groups (broad SMARTS) is 1. The monoisotopic (exact) mass is 257 g/mol. The number of hydrogen-bond acceptors (Lipinski definition) is 3. The molecule has 0 aliphatic heterocycles. The van der Waals surface area contributed by atoms with E-state index in [1.165, 1.54) is 0 Å². The molecule has 104 valence electrons. The Morgan fingerprint density at radius 2 is 1.94 bits per heavy atom. The molecule has 2 N–H and O–H groups in total. The van der Waals surface area contributed by atoms with Crippen molar-refractivity contribution in [1.82, 2.24) is 5.32 Å². The number of carbonyl (C=O) groups is 2. The van der Waals surface area contributed by atoms with Crippen molar-refractivity contribution in [3.05, 3.63) is 0 Å². The van der Waals surface area contributed by atoms with Crippen molar-refractivity contribution in [3.63, 3.8) is 0 Å². The van der Waals surface area contributed by atoms with Gasteiger partial charge in [-0.05, 0) is 45.4 Å². The maximum Gasteiger partial charge on any atom is 0.408 e. The maximum atomic E-state index is 11.7. The fraction of sp³-hybridized carbons (Fsp3) is 0.846. The second kappa shape index (κ2) is 4.78. The lowest BCUT2D eigenvalue weighted by Gasteiger charge is -2.48. The van der Waals surface area contributed by atoms with Crippen LogP contribution in [-0.2, 0) is 9.53 Å². The Morgan fingerprint density at radius 3 is 2.22 bits per heavy atom. The van der Waals surface area contributed by atoms with Crippen molar-refractivity contribution in [3.8, 4) is 0 Å². The first kappa shape index (κ1) is 14.8. The van der Waals surface area contributed by atoms with E-state index in [4.69, 9.17) is 4.74 Å². The SMILES string of the molecule is CC(C)[C@@H]1CC[C@]1(NC(=O)OC(C)(C)C)C(=O)O. The van der Waals surface area contributed by atoms with Crippen LogP contribution >= 0.6 is 0 Å². The lowest BCUT2D eigenvalue weighted by atomic mass is 9.62. The van der Waals surface area contributed by atoms with Gasteiger partial charge < -0.3 is 15.2 Å². The smallest absolute Gasteiger partial charge is 0.408 e. The predicted molar refractivity (Wildman–Crippen MR) is 67.3 cm³/mol. The molecule has 0 unspecified atom stereocenters. The van der Waals surface area contributed by atoms with Crippen molar-refractivity contribution in [2.24, 2.45) is 11.8 Å². The van der Waals surface area contributed by atoms with Gasteiger partial charge in [-0.2, -0.15) is 0 Å². The summed E-state index contributed by atoms with van der Waals surface area (Å²) < 4.78 is 5.13. The Kier molecular flexibility index (Phi) is 3.93. The number of alkyl carbamates (subject to hydrolysis) is 1. The Bertz CT molecular complexity index is 345. The Labute approximate surface area is 108 Å². The molecule has 1 saturated carbocycles. The van der Waals surface area contributed by atoms with Gasteiger partial charge in [0.25, 0.3) is 0 Å². The van der Waals surface area contributed by atoms with Crippen LogP contribution < -0.4 is 5.32 Å². The second-order valence-electron chi connectivity index (χ2n) is 6.29. The Balaban J connectivity index is 2.77. The lowest BCUT2D eigenvalue weighted by Crippen LogP contribution is -2.66. The zero-order valence-electron chi connectivity index (χ0n) is 11.7. The average Bonchev–Trinajstić information content (AvgIpc) is 2.07. The fourth-order valence-corrected chi connectivity index (χ4v) is 2.46. The molecule has 0 spiro atoms. The molecule has 1 aliphatic rings. The first-order valence-corrected chi connectivity index (χ1v) is 6.33. The van der Waals surface area contributed by atoms with Gasteiger partial charge in [-0.15, -0.1) is 0 Å². The summed E-state index contributed by atoms with van der Waals surface area (Å²) in [6.45, 7) is 9.19. The molecule has 0 aromatic rings. The first-order valence-electron chi connectivity index (χ1n) is 6.33. The van der Waals surface area contributed by atoms with Gasteiger partial charge in [0, 0.05) is 0 Å². The molecule has 0 aromatic carbocycles. The molecule has 0 heterocycles. The van der Waals surface area contributed by atoms with Gasteiger partial charge in [-0.3, -0.25) is 0 Å². The minimum atomic E-state index is -1.16. The largest absolute Gasteiger partial charge is 0.479 e. The van der Waals surface area contributed by atoms with Crippen LogP contribution in [-0.4, -0.2) is 28.3 Å². The number of rotatable bonds is 3. The molecular weight excluding hydrogens is 234 g/mol. The van der Waals surface area contributed by atoms with Crippen LogP contribution in [0.4, 0.5) is 4.79 Å². The topological polar surface area (TPSA) is 75.6 Å². The number of ether oxygens (including phenoxy) is 1. The van der Waals surface area contributed by atoms with Gasteiger partial charge in [-0.1, -0.05) is 13.8 Å². The van der Waals surface area contributed by atoms with E-state index in [1.807, 2.05) is 13.8 Å². The van der Waals surface area contributed by atoms with Gasteiger partial charge in [0.2, 0.25) is 0 Å². The summed E-state index contributed by atoms with van der Waals surface area (Å²) in [5.74, 6) is -0.800. The van der Waals surface area contributed by atoms with E-state index in [2.05, 4.69) is 5.32 Å². The Hall–Kier alpha value is -1.26. The zero-order chi connectivity index (χ0) is 14.1. The molecule has 0 bridgehead atoms. The average molecular weight is 257 g/mol. The van der Waals surface area contributed by atoms with Crippen LogP contribution in [0.1, 0.15) is 47.5 Å². The fourth-order valence-electron chi connectivity index (χ4n) is 2.46. The second-order valence-corrected chi connectivity index (χ2v) is 6.29. The van der Waals surface area contributed by atoms with E-state index >= 15 is 0 Å². The van der Waals surface area contributed by atoms with E-state index in [0.717, 1.165) is 6.42 Å². The standard InChI is InChI=1S/C13H23NO4/c1-8(2)9-6-7-13(9,10(15)16)14-11(17)18-12(3,4)5/h8-9H,6-7H2,1-5H3,(H,14,17)(H,15,16)/t9-,13+/m0/s1. The number of amides is 1. The normalized spacial score (nSPS) is 27.6. The summed E-state index contributed by atoms with van der Waals surface area (Å²) in [5, 5.41) is 11.9. The molecule has 5 heteroatoms. The predicted octanol–water partition coefficient (Wildman–Crippen LogP) is 2.40. The molecule has 1 amide bonds. The van der Waals surface area contributed by atoms with Crippen molar-refractivity contribution < 1.29 is 19.4 Å². The molecule has 0 aromatic heterocycles. The quantitative estimate of drug-likeness (QED) is 0.814. The van der Waals surface area contributed by atoms with Gasteiger partial charge in [0.05, 0.1) is 0 Å². The number of carboxylic acids is 1. The minimum absolute atomic E-state index is 0.0393. The third-order valence-corrected chi connectivity index (χ3v) is 3.39. The highest BCUT2D eigenvalue weighted by atomic mass is 16.6. The summed E-state index contributed by atoms with van der Waals surface area (Å²) in [4.78, 5) is 23.2. The number of nitrogens with one attached hydrogen (secondary N) is 1. The van der Waals surface area contributed by atoms with Crippen molar-refractivity contribution >= 4 is 12.1 Å². The molecule has 2 atom stereocenters. The van der Waals surface area contributed by atoms with E-state index in [-0.39, 0.29) is 11.8 Å². The van der Waals surface area contributed by atoms with Gasteiger partial charge in [-0.25, -0.2) is 9.59 Å². The summed E-state index contributed by atoms with van der Waals surface area (Å²) >= 11 is 0. The molecule has 1 aliphatic carbocycles. The van der Waals surface area contributed by atoms with Crippen LogP contribution in [0.5, 0.6) is 0 Å². The van der Waals surface area contributed by atoms with Crippen LogP contribution in [0.3, 0.4) is 0 Å². The highest BCUT2D eigenvalue weighted by molar-refractivity contribution is 5.86. The highest BCUT2D eigenvalue weighted by Crippen LogP contribution is 2.43. The van der Waals surface area contributed by atoms with E-state index in [1.54, 1.807) is 20.8 Å². The van der Waals surface area contributed by atoms with Gasteiger partial charge in [0.15, 0.2) is 0 Å². The molecule has 5 nitrogen and oxygen atoms in total. The minimum Gasteiger partial charge on any atom is -0.479 e. The maximum absolute atomic E-state index is 11.7. The summed E-state index contributed by atoms with van der Waals surface area (Å²) in [7, 11) is 0. The molecule has 0 saturated heterocycles. The van der Waals surface area contributed by atoms with Crippen LogP contribution in [0.2, 0.25) is 0 Å². The summed E-state index contributed by atoms with van der Waals surface area (Å²) in [6, 6.07) is 0. The van der Waals surface area contributed by atoms with Crippen LogP contribution in [0, 0.1) is 11.8 Å². The molecule has 18 heavy (non-hydrogen) atoms. The van der Waals surface area contributed by atoms with E-state index in [0.29, 0.717) is 6.42 Å². The molecule has 0 radical (unpaired) electrons. The van der Waals surface area contributed by atoms with Crippen molar-refractivity contribution in [2.75, 3.05) is 0 Å². The van der Waals surface area contributed by atoms with Crippen molar-refractivity contribution in [2.45, 2.75) is 58.6 Å². The van der Waals surface area contributed by atoms with Crippen molar-refractivity contribution in [1.29, 1.82) is 0 Å². The van der Waals surface area contributed by atoms with Gasteiger partial charge >= 0.3 is 12.1 Å². The molecular formula is C13H23NO4. The zero-order valence-corrected chi connectivity index (χ0v) is 11.7. The molecule has 1 fully saturated rings. The third-order valence-electron chi connectivity index (χ3n) is 3.39. The summed E-state index contributed by atoms with van der Waals surface area (Å²) in [5.41, 5.74) is -1.78. The van der Waals surface area contributed by atoms with E-state index in [9.17, 15) is 14.7 Å². The van der Waals surface area contributed by atoms with Crippen LogP contribution in [0.25, 0.3) is 0 Å². The third kappa shape index (κ3) is 2.94. The summed E-state index contributed by atoms with van der Waals surface area (Å²) in [6.07, 6.45) is 0.625. The molecule has 1 rings (SSSR count). The highest BCUT2D eigenvalue weighted by Gasteiger charge is 2.55. The number of aliphatic carboxylic acids is 1. The number of hydrogen-bond donors (Lipinski definition) is 2. The lowest BCUT2D eigenvalue weighted by molar-refractivity contribution is -0.155.